The molecule has 0 spiro atoms. The summed E-state index contributed by atoms with van der Waals surface area (Å²) < 4.78 is 1.47. The van der Waals surface area contributed by atoms with Crippen LogP contribution in [0.15, 0.2) is 48.7 Å². The summed E-state index contributed by atoms with van der Waals surface area (Å²) in [6.07, 6.45) is 2.25. The molecule has 1 heterocycles. The second kappa shape index (κ2) is 5.19. The number of aldehydes is 1. The van der Waals surface area contributed by atoms with Crippen LogP contribution in [0.25, 0.3) is 10.9 Å². The molecule has 21 heavy (non-hydrogen) atoms. The molecule has 0 saturated heterocycles. The van der Waals surface area contributed by atoms with Gasteiger partial charge in [-0.2, -0.15) is 0 Å². The Morgan fingerprint density at radius 3 is 2.52 bits per heavy atom. The van der Waals surface area contributed by atoms with Crippen LogP contribution in [0.4, 0.5) is 0 Å². The van der Waals surface area contributed by atoms with Gasteiger partial charge in [-0.3, -0.25) is 14.2 Å². The van der Waals surface area contributed by atoms with Gasteiger partial charge >= 0.3 is 0 Å². The number of aryl methyl sites for hydroxylation is 1. The van der Waals surface area contributed by atoms with E-state index in [0.29, 0.717) is 33.3 Å². The normalized spacial score (nSPS) is 10.8. The number of fused-ring (bicyclic) bond motifs is 1. The summed E-state index contributed by atoms with van der Waals surface area (Å²) in [6, 6.07) is 12.6. The summed E-state index contributed by atoms with van der Waals surface area (Å²) in [5.74, 6) is -0.185. The van der Waals surface area contributed by atoms with Crippen molar-refractivity contribution in [2.45, 2.75) is 6.92 Å². The number of hydrogen-bond donors (Lipinski definition) is 0. The van der Waals surface area contributed by atoms with E-state index in [1.165, 1.54) is 10.8 Å². The lowest BCUT2D eigenvalue weighted by atomic mass is 10.1. The lowest BCUT2D eigenvalue weighted by Gasteiger charge is -2.05. The highest BCUT2D eigenvalue weighted by Crippen LogP contribution is 2.28. The number of halogens is 1. The second-order valence-electron chi connectivity index (χ2n) is 4.88. The third-order valence-electron chi connectivity index (χ3n) is 3.45. The van der Waals surface area contributed by atoms with Crippen LogP contribution in [0.5, 0.6) is 0 Å². The molecule has 0 aliphatic carbocycles. The molecule has 0 fully saturated rings. The molecule has 0 unspecified atom stereocenters. The van der Waals surface area contributed by atoms with Gasteiger partial charge in [0.05, 0.1) is 10.5 Å². The molecular formula is C17H12ClNO2. The molecule has 0 saturated carbocycles. The van der Waals surface area contributed by atoms with Crippen molar-refractivity contribution in [2.75, 3.05) is 0 Å². The fraction of sp³-hybridized carbons (Fsp3) is 0.0588. The van der Waals surface area contributed by atoms with Crippen molar-refractivity contribution in [2.24, 2.45) is 0 Å². The number of aromatic nitrogens is 1. The van der Waals surface area contributed by atoms with Crippen LogP contribution in [0.2, 0.25) is 5.02 Å². The highest BCUT2D eigenvalue weighted by atomic mass is 35.5. The molecule has 0 aliphatic heterocycles. The number of benzene rings is 2. The van der Waals surface area contributed by atoms with E-state index in [9.17, 15) is 9.59 Å². The third-order valence-corrected chi connectivity index (χ3v) is 3.77. The maximum absolute atomic E-state index is 12.6. The van der Waals surface area contributed by atoms with Gasteiger partial charge in [-0.1, -0.05) is 35.4 Å². The summed E-state index contributed by atoms with van der Waals surface area (Å²) in [5, 5.41) is 1.07. The Labute approximate surface area is 126 Å². The first-order valence-electron chi connectivity index (χ1n) is 6.48. The van der Waals surface area contributed by atoms with Gasteiger partial charge in [0.2, 0.25) is 0 Å². The zero-order valence-corrected chi connectivity index (χ0v) is 12.1. The number of hydrogen-bond acceptors (Lipinski definition) is 2. The van der Waals surface area contributed by atoms with E-state index in [1.54, 1.807) is 30.3 Å². The van der Waals surface area contributed by atoms with Gasteiger partial charge in [-0.25, -0.2) is 0 Å². The van der Waals surface area contributed by atoms with Crippen LogP contribution in [0.3, 0.4) is 0 Å². The van der Waals surface area contributed by atoms with Crippen molar-refractivity contribution < 1.29 is 9.59 Å². The molecule has 1 aromatic heterocycles. The average molecular weight is 298 g/mol. The molecule has 3 aromatic rings. The minimum Gasteiger partial charge on any atom is -0.298 e. The molecule has 104 valence electrons. The zero-order valence-electron chi connectivity index (χ0n) is 11.3. The van der Waals surface area contributed by atoms with Gasteiger partial charge in [-0.15, -0.1) is 0 Å². The SMILES string of the molecule is Cc1ccc(C(=O)n2cc(C=O)c3c(Cl)cccc32)cc1. The maximum atomic E-state index is 12.6. The largest absolute Gasteiger partial charge is 0.298 e. The summed E-state index contributed by atoms with van der Waals surface area (Å²) >= 11 is 6.14. The van der Waals surface area contributed by atoms with Crippen molar-refractivity contribution in [1.29, 1.82) is 0 Å². The molecule has 3 rings (SSSR count). The lowest BCUT2D eigenvalue weighted by Crippen LogP contribution is -2.10. The van der Waals surface area contributed by atoms with Gasteiger partial charge in [0.15, 0.2) is 6.29 Å². The molecular weight excluding hydrogens is 286 g/mol. The average Bonchev–Trinajstić information content (AvgIpc) is 2.87. The Morgan fingerprint density at radius 2 is 1.86 bits per heavy atom. The molecule has 0 aliphatic rings. The first kappa shape index (κ1) is 13.6. The molecule has 0 bridgehead atoms. The molecule has 2 aromatic carbocycles. The van der Waals surface area contributed by atoms with Crippen molar-refractivity contribution in [3.8, 4) is 0 Å². The van der Waals surface area contributed by atoms with Gasteiger partial charge in [0.25, 0.3) is 5.91 Å². The quantitative estimate of drug-likeness (QED) is 0.668. The number of nitrogens with zero attached hydrogens (tertiary/aromatic N) is 1. The van der Waals surface area contributed by atoms with E-state index < -0.39 is 0 Å². The summed E-state index contributed by atoms with van der Waals surface area (Å²) in [5.41, 5.74) is 2.70. The Kier molecular flexibility index (Phi) is 3.35. The van der Waals surface area contributed by atoms with Gasteiger partial charge in [0.1, 0.15) is 0 Å². The third kappa shape index (κ3) is 2.26. The standard InChI is InChI=1S/C17H12ClNO2/c1-11-5-7-12(8-6-11)17(21)19-9-13(10-20)16-14(18)3-2-4-15(16)19/h2-10H,1H3. The van der Waals surface area contributed by atoms with Crippen LogP contribution >= 0.6 is 11.6 Å². The number of carbonyl (C=O) groups is 2. The van der Waals surface area contributed by atoms with Crippen molar-refractivity contribution in [3.05, 3.63) is 70.4 Å². The fourth-order valence-corrected chi connectivity index (χ4v) is 2.64. The van der Waals surface area contributed by atoms with E-state index in [1.807, 2.05) is 19.1 Å². The molecule has 4 heteroatoms. The fourth-order valence-electron chi connectivity index (χ4n) is 2.37. The predicted octanol–water partition coefficient (Wildman–Crippen LogP) is 4.10. The molecule has 0 radical (unpaired) electrons. The minimum absolute atomic E-state index is 0.185. The van der Waals surface area contributed by atoms with Crippen molar-refractivity contribution in [1.82, 2.24) is 4.57 Å². The highest BCUT2D eigenvalue weighted by Gasteiger charge is 2.16. The first-order valence-corrected chi connectivity index (χ1v) is 6.85. The topological polar surface area (TPSA) is 39.1 Å². The Bertz CT molecular complexity index is 847. The first-order chi connectivity index (χ1) is 10.1. The molecule has 3 nitrogen and oxygen atoms in total. The maximum Gasteiger partial charge on any atom is 0.262 e. The molecule has 0 amide bonds. The van der Waals surface area contributed by atoms with Crippen LogP contribution in [-0.2, 0) is 0 Å². The summed E-state index contributed by atoms with van der Waals surface area (Å²) in [7, 11) is 0. The van der Waals surface area contributed by atoms with E-state index >= 15 is 0 Å². The summed E-state index contributed by atoms with van der Waals surface area (Å²) in [4.78, 5) is 23.8. The Hall–Kier alpha value is -2.39. The van der Waals surface area contributed by atoms with Gasteiger partial charge < -0.3 is 0 Å². The van der Waals surface area contributed by atoms with Gasteiger partial charge in [-0.05, 0) is 31.2 Å². The van der Waals surface area contributed by atoms with E-state index in [4.69, 9.17) is 11.6 Å². The molecule has 0 N–H and O–H groups in total. The number of carbonyl (C=O) groups excluding carboxylic acids is 2. The predicted molar refractivity (Wildman–Crippen MR) is 83.2 cm³/mol. The van der Waals surface area contributed by atoms with E-state index in [0.717, 1.165) is 5.56 Å². The van der Waals surface area contributed by atoms with Crippen molar-refractivity contribution in [3.63, 3.8) is 0 Å². The lowest BCUT2D eigenvalue weighted by molar-refractivity contribution is 0.0965. The van der Waals surface area contributed by atoms with E-state index in [-0.39, 0.29) is 5.91 Å². The number of rotatable bonds is 2. The minimum atomic E-state index is -0.185. The van der Waals surface area contributed by atoms with Crippen LogP contribution in [-0.4, -0.2) is 16.8 Å². The van der Waals surface area contributed by atoms with Crippen LogP contribution in [0.1, 0.15) is 26.3 Å². The highest BCUT2D eigenvalue weighted by molar-refractivity contribution is 6.36. The van der Waals surface area contributed by atoms with Crippen molar-refractivity contribution >= 4 is 34.7 Å². The van der Waals surface area contributed by atoms with Gasteiger partial charge in [0, 0.05) is 22.7 Å². The molecule has 0 atom stereocenters. The van der Waals surface area contributed by atoms with Crippen LogP contribution < -0.4 is 0 Å². The summed E-state index contributed by atoms with van der Waals surface area (Å²) in [6.45, 7) is 1.96. The Balaban J connectivity index is 2.21. The van der Waals surface area contributed by atoms with E-state index in [2.05, 4.69) is 0 Å². The monoisotopic (exact) mass is 297 g/mol. The van der Waals surface area contributed by atoms with Crippen LogP contribution in [0, 0.1) is 6.92 Å². The zero-order chi connectivity index (χ0) is 15.0. The second-order valence-corrected chi connectivity index (χ2v) is 5.28. The smallest absolute Gasteiger partial charge is 0.262 e. The Morgan fingerprint density at radius 1 is 1.14 bits per heavy atom.